The summed E-state index contributed by atoms with van der Waals surface area (Å²) in [4.78, 5) is 30.2. The van der Waals surface area contributed by atoms with Crippen molar-refractivity contribution in [3.8, 4) is 6.19 Å². The highest BCUT2D eigenvalue weighted by molar-refractivity contribution is 5.86. The van der Waals surface area contributed by atoms with Gasteiger partial charge in [-0.2, -0.15) is 5.26 Å². The molecule has 0 saturated carbocycles. The summed E-state index contributed by atoms with van der Waals surface area (Å²) >= 11 is 0. The van der Waals surface area contributed by atoms with E-state index in [0.29, 0.717) is 32.7 Å². The zero-order valence-electron chi connectivity index (χ0n) is 18.0. The first-order valence-corrected chi connectivity index (χ1v) is 10.4. The molecule has 0 aromatic heterocycles. The highest BCUT2D eigenvalue weighted by Gasteiger charge is 2.24. The standard InChI is InChI=1S/C23H32N4O3/c1-19(2)15-26(16-20(3)25-11-13-30-14-12-25)23(29)17-27(18-24)22(28)10-9-21-7-5-4-6-8-21/h4-8,19H,3,9-17H2,1-2H3. The van der Waals surface area contributed by atoms with E-state index in [1.54, 1.807) is 4.90 Å². The van der Waals surface area contributed by atoms with Gasteiger partial charge < -0.3 is 14.5 Å². The molecule has 1 aromatic rings. The van der Waals surface area contributed by atoms with Crippen LogP contribution in [-0.4, -0.2) is 72.5 Å². The Bertz CT molecular complexity index is 751. The van der Waals surface area contributed by atoms with Crippen molar-refractivity contribution in [2.75, 3.05) is 45.9 Å². The zero-order valence-corrected chi connectivity index (χ0v) is 18.0. The molecule has 7 heteroatoms. The molecule has 30 heavy (non-hydrogen) atoms. The molecule has 0 atom stereocenters. The maximum absolute atomic E-state index is 12.9. The van der Waals surface area contributed by atoms with Gasteiger partial charge in [-0.25, -0.2) is 4.90 Å². The molecule has 0 bridgehead atoms. The number of aryl methyl sites for hydroxylation is 1. The number of rotatable bonds is 10. The number of carbonyl (C=O) groups is 2. The number of morpholine rings is 1. The van der Waals surface area contributed by atoms with Gasteiger partial charge in [0, 0.05) is 31.8 Å². The molecule has 1 fully saturated rings. The maximum Gasteiger partial charge on any atom is 0.243 e. The molecule has 0 unspecified atom stereocenters. The Kier molecular flexibility index (Phi) is 9.36. The van der Waals surface area contributed by atoms with Crippen LogP contribution in [0.2, 0.25) is 0 Å². The number of benzene rings is 1. The Morgan fingerprint density at radius 2 is 1.83 bits per heavy atom. The summed E-state index contributed by atoms with van der Waals surface area (Å²) in [7, 11) is 0. The van der Waals surface area contributed by atoms with Gasteiger partial charge >= 0.3 is 0 Å². The van der Waals surface area contributed by atoms with Crippen LogP contribution in [0.15, 0.2) is 42.6 Å². The fraction of sp³-hybridized carbons (Fsp3) is 0.522. The minimum Gasteiger partial charge on any atom is -0.378 e. The Hall–Kier alpha value is -2.85. The van der Waals surface area contributed by atoms with Gasteiger partial charge in [-0.15, -0.1) is 0 Å². The molecule has 2 rings (SSSR count). The SMILES string of the molecule is C=C(CN(CC(C)C)C(=O)CN(C#N)C(=O)CCc1ccccc1)N1CCOCC1. The average molecular weight is 413 g/mol. The molecule has 0 aliphatic carbocycles. The van der Waals surface area contributed by atoms with Gasteiger partial charge in [0.15, 0.2) is 6.19 Å². The topological polar surface area (TPSA) is 76.9 Å². The van der Waals surface area contributed by atoms with E-state index in [1.165, 1.54) is 0 Å². The van der Waals surface area contributed by atoms with Crippen LogP contribution in [0.25, 0.3) is 0 Å². The van der Waals surface area contributed by atoms with Crippen LogP contribution in [0.1, 0.15) is 25.8 Å². The normalized spacial score (nSPS) is 13.6. The van der Waals surface area contributed by atoms with Crippen molar-refractivity contribution in [1.29, 1.82) is 5.26 Å². The van der Waals surface area contributed by atoms with Crippen LogP contribution < -0.4 is 0 Å². The molecule has 0 N–H and O–H groups in total. The Labute approximate surface area is 179 Å². The van der Waals surface area contributed by atoms with Crippen LogP contribution in [0, 0.1) is 17.4 Å². The number of hydrogen-bond donors (Lipinski definition) is 0. The summed E-state index contributed by atoms with van der Waals surface area (Å²) in [5, 5.41) is 9.44. The average Bonchev–Trinajstić information content (AvgIpc) is 2.76. The fourth-order valence-corrected chi connectivity index (χ4v) is 3.34. The number of nitriles is 1. The second-order valence-electron chi connectivity index (χ2n) is 7.90. The predicted octanol–water partition coefficient (Wildman–Crippen LogP) is 2.26. The smallest absolute Gasteiger partial charge is 0.243 e. The van der Waals surface area contributed by atoms with E-state index in [9.17, 15) is 14.9 Å². The number of amides is 2. The summed E-state index contributed by atoms with van der Waals surface area (Å²) in [6.07, 6.45) is 2.61. The summed E-state index contributed by atoms with van der Waals surface area (Å²) in [5.41, 5.74) is 1.88. The van der Waals surface area contributed by atoms with Crippen LogP contribution in [0.4, 0.5) is 0 Å². The largest absolute Gasteiger partial charge is 0.378 e. The highest BCUT2D eigenvalue weighted by atomic mass is 16.5. The molecular formula is C23H32N4O3. The number of hydrogen-bond acceptors (Lipinski definition) is 5. The molecule has 1 saturated heterocycles. The van der Waals surface area contributed by atoms with Crippen molar-refractivity contribution in [1.82, 2.24) is 14.7 Å². The number of ether oxygens (including phenoxy) is 1. The van der Waals surface area contributed by atoms with Gasteiger partial charge in [-0.05, 0) is 17.9 Å². The van der Waals surface area contributed by atoms with Gasteiger partial charge in [0.25, 0.3) is 0 Å². The third-order valence-corrected chi connectivity index (χ3v) is 4.96. The summed E-state index contributed by atoms with van der Waals surface area (Å²) in [5.74, 6) is -0.324. The second-order valence-corrected chi connectivity index (χ2v) is 7.90. The summed E-state index contributed by atoms with van der Waals surface area (Å²) in [6.45, 7) is 11.7. The quantitative estimate of drug-likeness (QED) is 0.435. The monoisotopic (exact) mass is 412 g/mol. The van der Waals surface area contributed by atoms with Crippen molar-refractivity contribution in [2.24, 2.45) is 5.92 Å². The highest BCUT2D eigenvalue weighted by Crippen LogP contribution is 2.11. The fourth-order valence-electron chi connectivity index (χ4n) is 3.34. The zero-order chi connectivity index (χ0) is 21.9. The van der Waals surface area contributed by atoms with Gasteiger partial charge in [0.2, 0.25) is 11.8 Å². The Morgan fingerprint density at radius 1 is 1.17 bits per heavy atom. The van der Waals surface area contributed by atoms with E-state index in [4.69, 9.17) is 4.74 Å². The van der Waals surface area contributed by atoms with E-state index in [2.05, 4.69) is 11.5 Å². The van der Waals surface area contributed by atoms with E-state index in [0.717, 1.165) is 29.2 Å². The van der Waals surface area contributed by atoms with Gasteiger partial charge in [-0.1, -0.05) is 50.8 Å². The van der Waals surface area contributed by atoms with Crippen molar-refractivity contribution in [3.05, 3.63) is 48.2 Å². The van der Waals surface area contributed by atoms with E-state index >= 15 is 0 Å². The molecule has 0 radical (unpaired) electrons. The Balaban J connectivity index is 1.94. The Morgan fingerprint density at radius 3 is 2.43 bits per heavy atom. The van der Waals surface area contributed by atoms with Crippen LogP contribution in [-0.2, 0) is 20.7 Å². The van der Waals surface area contributed by atoms with Gasteiger partial charge in [0.1, 0.15) is 6.54 Å². The first-order valence-electron chi connectivity index (χ1n) is 10.4. The van der Waals surface area contributed by atoms with E-state index < -0.39 is 0 Å². The molecule has 7 nitrogen and oxygen atoms in total. The van der Waals surface area contributed by atoms with Crippen molar-refractivity contribution < 1.29 is 14.3 Å². The van der Waals surface area contributed by atoms with Crippen molar-refractivity contribution >= 4 is 11.8 Å². The van der Waals surface area contributed by atoms with Crippen LogP contribution in [0.5, 0.6) is 0 Å². The number of carbonyl (C=O) groups excluding carboxylic acids is 2. The molecule has 2 amide bonds. The third kappa shape index (κ3) is 7.53. The second kappa shape index (κ2) is 12.0. The molecule has 162 valence electrons. The molecule has 1 aromatic carbocycles. The van der Waals surface area contributed by atoms with Gasteiger partial charge in [0.05, 0.1) is 19.8 Å². The first-order chi connectivity index (χ1) is 14.4. The van der Waals surface area contributed by atoms with Gasteiger partial charge in [-0.3, -0.25) is 9.59 Å². The lowest BCUT2D eigenvalue weighted by atomic mass is 10.1. The molecule has 1 aliphatic rings. The van der Waals surface area contributed by atoms with Crippen LogP contribution >= 0.6 is 0 Å². The minimum absolute atomic E-state index is 0.190. The molecule has 1 aliphatic heterocycles. The predicted molar refractivity (Wildman–Crippen MR) is 115 cm³/mol. The molecule has 1 heterocycles. The van der Waals surface area contributed by atoms with Crippen molar-refractivity contribution in [3.63, 3.8) is 0 Å². The minimum atomic E-state index is -0.341. The first kappa shape index (κ1) is 23.4. The lowest BCUT2D eigenvalue weighted by molar-refractivity contribution is -0.138. The molecular weight excluding hydrogens is 380 g/mol. The molecule has 0 spiro atoms. The third-order valence-electron chi connectivity index (χ3n) is 4.96. The van der Waals surface area contributed by atoms with Crippen molar-refractivity contribution in [2.45, 2.75) is 26.7 Å². The number of nitrogens with zero attached hydrogens (tertiary/aromatic N) is 4. The van der Waals surface area contributed by atoms with Crippen LogP contribution in [0.3, 0.4) is 0 Å². The lowest BCUT2D eigenvalue weighted by Gasteiger charge is -2.34. The summed E-state index contributed by atoms with van der Waals surface area (Å²) < 4.78 is 5.37. The summed E-state index contributed by atoms with van der Waals surface area (Å²) in [6, 6.07) is 9.63. The van der Waals surface area contributed by atoms with E-state index in [-0.39, 0.29) is 30.7 Å². The lowest BCUT2D eigenvalue weighted by Crippen LogP contribution is -2.46. The van der Waals surface area contributed by atoms with E-state index in [1.807, 2.05) is 50.4 Å². The maximum atomic E-state index is 12.9.